The summed E-state index contributed by atoms with van der Waals surface area (Å²) in [5.41, 5.74) is 3.64. The molecule has 1 atom stereocenters. The highest BCUT2D eigenvalue weighted by Crippen LogP contribution is 2.52. The first kappa shape index (κ1) is 17.4. The van der Waals surface area contributed by atoms with Crippen LogP contribution in [0.4, 0.5) is 11.6 Å². The van der Waals surface area contributed by atoms with Crippen molar-refractivity contribution in [1.29, 1.82) is 0 Å². The van der Waals surface area contributed by atoms with Crippen LogP contribution in [0.15, 0.2) is 44.8 Å². The number of aromatic nitrogens is 6. The largest absolute Gasteiger partial charge is 0.402 e. The third-order valence-corrected chi connectivity index (χ3v) is 11.0. The van der Waals surface area contributed by atoms with Crippen LogP contribution < -0.4 is 11.0 Å². The zero-order valence-corrected chi connectivity index (χ0v) is 21.1. The molecule has 0 aliphatic carbocycles. The molecule has 0 radical (unpaired) electrons. The highest BCUT2D eigenvalue weighted by Gasteiger charge is 2.70. The molecule has 0 bridgehead atoms. The maximum Gasteiger partial charge on any atom is 0.402 e. The number of hydrogen-bond donors (Lipinski definition) is 0. The molecule has 6 aliphatic rings. The molecule has 16 heteroatoms. The molecule has 0 amide bonds. The maximum atomic E-state index is 5.25. The molecule has 6 aliphatic heterocycles. The van der Waals surface area contributed by atoms with E-state index in [-0.39, 0.29) is 0 Å². The van der Waals surface area contributed by atoms with Crippen molar-refractivity contribution in [3.8, 4) is 0 Å². The molecule has 12 heterocycles. The molecule has 0 saturated heterocycles. The van der Waals surface area contributed by atoms with Crippen molar-refractivity contribution in [2.75, 3.05) is 0 Å². The first-order valence-electron chi connectivity index (χ1n) is 11.2. The van der Waals surface area contributed by atoms with E-state index in [0.29, 0.717) is 0 Å². The summed E-state index contributed by atoms with van der Waals surface area (Å²) in [5, 5.41) is 1.97. The summed E-state index contributed by atoms with van der Waals surface area (Å²) in [6.45, 7) is 0. The molecular weight excluding hydrogens is 549 g/mol. The Morgan fingerprint density at radius 2 is 1.27 bits per heavy atom. The van der Waals surface area contributed by atoms with Crippen molar-refractivity contribution in [2.24, 2.45) is 20.0 Å². The van der Waals surface area contributed by atoms with Gasteiger partial charge in [0.1, 0.15) is 19.2 Å². The van der Waals surface area contributed by atoms with Gasteiger partial charge in [-0.25, -0.2) is 14.1 Å². The van der Waals surface area contributed by atoms with E-state index in [1.54, 1.807) is 0 Å². The molecule has 12 rings (SSSR count). The molecule has 0 unspecified atom stereocenters. The monoisotopic (exact) mass is 552 g/mol. The van der Waals surface area contributed by atoms with Crippen LogP contribution in [0.3, 0.4) is 0 Å². The van der Waals surface area contributed by atoms with Gasteiger partial charge in [0, 0.05) is 0 Å². The van der Waals surface area contributed by atoms with Gasteiger partial charge in [-0.2, -0.15) is 17.5 Å². The molecule has 0 aromatic carbocycles. The van der Waals surface area contributed by atoms with E-state index in [9.17, 15) is 0 Å². The predicted octanol–water partition coefficient (Wildman–Crippen LogP) is 1.53. The van der Waals surface area contributed by atoms with Gasteiger partial charge in [0.15, 0.2) is 11.3 Å². The second-order valence-corrected chi connectivity index (χ2v) is 12.5. The van der Waals surface area contributed by atoms with Crippen LogP contribution in [-0.4, -0.2) is 59.1 Å². The summed E-state index contributed by atoms with van der Waals surface area (Å²) >= 11 is 5.79. The second-order valence-electron chi connectivity index (χ2n) is 9.25. The quantitative estimate of drug-likeness (QED) is 0.266. The Morgan fingerprint density at radius 3 is 2.08 bits per heavy atom. The highest BCUT2D eigenvalue weighted by molar-refractivity contribution is 7.14. The topological polar surface area (TPSA) is 117 Å². The highest BCUT2D eigenvalue weighted by atomic mass is 32.1. The Kier molecular flexibility index (Phi) is 2.35. The summed E-state index contributed by atoms with van der Waals surface area (Å²) in [7, 11) is 0. The van der Waals surface area contributed by atoms with Crippen molar-refractivity contribution in [3.63, 3.8) is 0 Å². The summed E-state index contributed by atoms with van der Waals surface area (Å²) in [4.78, 5) is 23.0. The standard InChI is InChI=1S/C21H4N12S4/c1-5-9(34-22-1)17-27-14-7-3-24-36-11(7)19-29-16-8-4-25-37-12(8)20-28-15-6-2-23-35-10(6)18-26-13(5)30(17)21(31(15)18,32(14)19)33(16)20/h1-4H/q+2/t21-. The van der Waals surface area contributed by atoms with Crippen LogP contribution in [0.2, 0.25) is 0 Å². The molecule has 0 N–H and O–H groups in total. The number of fused-ring (bicyclic) bond motifs is 12. The van der Waals surface area contributed by atoms with Crippen molar-refractivity contribution in [2.45, 2.75) is 5.91 Å². The summed E-state index contributed by atoms with van der Waals surface area (Å²) < 4.78 is 29.1. The SMILES string of the molecule is c1nsc2c1C1=[N+]3C2=Nc2c4cnsc4c4n2[C@]32n3c(c5cnsc5c3=NC3=[N+]2C(=N1)c1sncc13)=N4. The van der Waals surface area contributed by atoms with E-state index < -0.39 is 5.91 Å². The molecular formula is C21H4N12S4+2. The van der Waals surface area contributed by atoms with E-state index >= 15 is 0 Å². The van der Waals surface area contributed by atoms with Gasteiger partial charge in [-0.15, -0.1) is 9.15 Å². The van der Waals surface area contributed by atoms with Gasteiger partial charge in [0.2, 0.25) is 11.3 Å². The number of amidine groups is 4. The lowest BCUT2D eigenvalue weighted by molar-refractivity contribution is -0.791. The van der Waals surface area contributed by atoms with Crippen LogP contribution in [0.25, 0.3) is 20.2 Å². The molecule has 170 valence electrons. The molecule has 12 nitrogen and oxygen atoms in total. The summed E-state index contributed by atoms with van der Waals surface area (Å²) in [5.74, 6) is 4.08. The normalized spacial score (nSPS) is 22.2. The summed E-state index contributed by atoms with van der Waals surface area (Å²) in [6.07, 6.45) is 7.60. The van der Waals surface area contributed by atoms with Gasteiger partial charge in [0.25, 0.3) is 23.3 Å². The van der Waals surface area contributed by atoms with Gasteiger partial charge >= 0.3 is 5.91 Å². The van der Waals surface area contributed by atoms with E-state index in [0.717, 1.165) is 87.0 Å². The average molecular weight is 553 g/mol. The lowest BCUT2D eigenvalue weighted by atomic mass is 10.2. The second kappa shape index (κ2) is 5.01. The van der Waals surface area contributed by atoms with E-state index in [1.807, 2.05) is 24.8 Å². The van der Waals surface area contributed by atoms with Crippen molar-refractivity contribution >= 4 is 101 Å². The van der Waals surface area contributed by atoms with Gasteiger partial charge < -0.3 is 0 Å². The lowest BCUT2D eigenvalue weighted by Crippen LogP contribution is -2.71. The van der Waals surface area contributed by atoms with Gasteiger partial charge in [-0.3, -0.25) is 0 Å². The fourth-order valence-electron chi connectivity index (χ4n) is 6.51. The molecule has 6 aromatic rings. The van der Waals surface area contributed by atoms with E-state index in [1.165, 1.54) is 46.1 Å². The van der Waals surface area contributed by atoms with Gasteiger partial charge in [0.05, 0.1) is 46.7 Å². The summed E-state index contributed by atoms with van der Waals surface area (Å²) in [6, 6.07) is 0. The zero-order valence-electron chi connectivity index (χ0n) is 17.8. The van der Waals surface area contributed by atoms with Gasteiger partial charge in [-0.05, 0) is 46.1 Å². The van der Waals surface area contributed by atoms with Crippen molar-refractivity contribution < 1.29 is 9.15 Å². The van der Waals surface area contributed by atoms with Crippen LogP contribution in [0.5, 0.6) is 0 Å². The van der Waals surface area contributed by atoms with E-state index in [4.69, 9.17) is 20.0 Å². The Bertz CT molecular complexity index is 2480. The fourth-order valence-corrected chi connectivity index (χ4v) is 9.41. The molecule has 37 heavy (non-hydrogen) atoms. The molecule has 0 saturated carbocycles. The number of hydrogen-bond acceptors (Lipinski definition) is 12. The first-order valence-corrected chi connectivity index (χ1v) is 14.3. The number of nitrogens with zero attached hydrogens (tertiary/aromatic N) is 12. The smallest absolute Gasteiger partial charge is 0.210 e. The maximum absolute atomic E-state index is 5.25. The Labute approximate surface area is 218 Å². The Morgan fingerprint density at radius 1 is 0.595 bits per heavy atom. The Balaban J connectivity index is 1.47. The van der Waals surface area contributed by atoms with Crippen LogP contribution in [-0.2, 0) is 5.91 Å². The third-order valence-electron chi connectivity index (χ3n) is 7.80. The van der Waals surface area contributed by atoms with Crippen LogP contribution >= 0.6 is 46.1 Å². The predicted molar refractivity (Wildman–Crippen MR) is 136 cm³/mol. The van der Waals surface area contributed by atoms with Crippen molar-refractivity contribution in [3.05, 3.63) is 56.6 Å². The lowest BCUT2D eigenvalue weighted by Gasteiger charge is -2.41. The molecule has 1 spiro atoms. The average Bonchev–Trinajstić information content (AvgIpc) is 3.73. The minimum atomic E-state index is -0.924. The minimum absolute atomic E-state index is 0.831. The third kappa shape index (κ3) is 1.45. The first-order chi connectivity index (χ1) is 18.4. The van der Waals surface area contributed by atoms with Crippen LogP contribution in [0, 0.1) is 0 Å². The molecule has 0 fully saturated rings. The molecule has 6 aromatic heterocycles. The zero-order chi connectivity index (χ0) is 23.4. The van der Waals surface area contributed by atoms with E-state index in [2.05, 4.69) is 35.8 Å². The van der Waals surface area contributed by atoms with Crippen molar-refractivity contribution in [1.82, 2.24) is 26.6 Å². The minimum Gasteiger partial charge on any atom is -0.210 e. The number of rotatable bonds is 0. The Hall–Kier alpha value is -4.12. The fraction of sp³-hybridized carbons (Fsp3) is 0.0476. The van der Waals surface area contributed by atoms with Crippen LogP contribution in [0.1, 0.15) is 20.9 Å². The van der Waals surface area contributed by atoms with Gasteiger partial charge in [-0.1, -0.05) is 15.0 Å². The number of aliphatic imine (C=N–C) groups is 2.